The highest BCUT2D eigenvalue weighted by atomic mass is 32.2. The first-order valence-electron chi connectivity index (χ1n) is 5.70. The van der Waals surface area contributed by atoms with Gasteiger partial charge in [0.05, 0.1) is 10.4 Å². The molecule has 2 aromatic heterocycles. The number of aromatic nitrogens is 2. The molecule has 6 nitrogen and oxygen atoms in total. The van der Waals surface area contributed by atoms with Gasteiger partial charge in [-0.25, -0.2) is 13.1 Å². The van der Waals surface area contributed by atoms with Gasteiger partial charge in [-0.3, -0.25) is 4.98 Å². The molecule has 2 aromatic rings. The van der Waals surface area contributed by atoms with Gasteiger partial charge in [0, 0.05) is 43.1 Å². The van der Waals surface area contributed by atoms with Crippen LogP contribution in [0.3, 0.4) is 0 Å². The van der Waals surface area contributed by atoms with E-state index in [9.17, 15) is 8.42 Å². The molecule has 0 atom stereocenters. The zero-order valence-electron chi connectivity index (χ0n) is 10.8. The van der Waals surface area contributed by atoms with Crippen molar-refractivity contribution in [2.45, 2.75) is 18.0 Å². The number of hydrogen-bond donors (Lipinski definition) is 2. The van der Waals surface area contributed by atoms with Crippen LogP contribution in [0.4, 0.5) is 0 Å². The van der Waals surface area contributed by atoms with E-state index in [0.29, 0.717) is 6.54 Å². The molecular formula is C11H16N4O2S2. The van der Waals surface area contributed by atoms with Crippen LogP contribution in [0.5, 0.6) is 0 Å². The minimum Gasteiger partial charge on any atom is -0.352 e. The fourth-order valence-electron chi connectivity index (χ4n) is 1.66. The topological polar surface area (TPSA) is 76.0 Å². The summed E-state index contributed by atoms with van der Waals surface area (Å²) in [6.45, 7) is 0.893. The first kappa shape index (κ1) is 14.2. The molecule has 0 saturated heterocycles. The SMILES string of the molecule is CNCc1cc(S(=O)(=O)NCc2cncs2)cn1C. The van der Waals surface area contributed by atoms with Crippen LogP contribution >= 0.6 is 11.3 Å². The Kier molecular flexibility index (Phi) is 4.35. The fraction of sp³-hybridized carbons (Fsp3) is 0.364. The van der Waals surface area contributed by atoms with Gasteiger partial charge < -0.3 is 9.88 Å². The van der Waals surface area contributed by atoms with Gasteiger partial charge in [0.2, 0.25) is 10.0 Å². The minimum atomic E-state index is -3.48. The van der Waals surface area contributed by atoms with E-state index in [4.69, 9.17) is 0 Å². The highest BCUT2D eigenvalue weighted by molar-refractivity contribution is 7.89. The van der Waals surface area contributed by atoms with Crippen LogP contribution in [0.1, 0.15) is 10.6 Å². The van der Waals surface area contributed by atoms with Gasteiger partial charge in [-0.15, -0.1) is 11.3 Å². The van der Waals surface area contributed by atoms with Gasteiger partial charge in [-0.2, -0.15) is 0 Å². The third kappa shape index (κ3) is 3.41. The van der Waals surface area contributed by atoms with E-state index in [1.165, 1.54) is 11.3 Å². The second kappa shape index (κ2) is 5.83. The summed E-state index contributed by atoms with van der Waals surface area (Å²) >= 11 is 1.42. The number of nitrogens with one attached hydrogen (secondary N) is 2. The maximum absolute atomic E-state index is 12.1. The summed E-state index contributed by atoms with van der Waals surface area (Å²) in [6, 6.07) is 1.67. The Morgan fingerprint density at radius 3 is 2.84 bits per heavy atom. The quantitative estimate of drug-likeness (QED) is 0.822. The Morgan fingerprint density at radius 2 is 2.21 bits per heavy atom. The highest BCUT2D eigenvalue weighted by Crippen LogP contribution is 2.14. The molecule has 0 aromatic carbocycles. The Labute approximate surface area is 116 Å². The van der Waals surface area contributed by atoms with E-state index in [1.807, 2.05) is 14.1 Å². The number of nitrogens with zero attached hydrogens (tertiary/aromatic N) is 2. The average Bonchev–Trinajstić information content (AvgIpc) is 2.98. The summed E-state index contributed by atoms with van der Waals surface area (Å²) < 4.78 is 28.6. The average molecular weight is 300 g/mol. The molecule has 2 heterocycles. The molecule has 0 aliphatic carbocycles. The molecule has 2 rings (SSSR count). The molecule has 2 N–H and O–H groups in total. The van der Waals surface area contributed by atoms with Gasteiger partial charge >= 0.3 is 0 Å². The Hall–Kier alpha value is -1.22. The summed E-state index contributed by atoms with van der Waals surface area (Å²) in [5.41, 5.74) is 2.60. The van der Waals surface area contributed by atoms with Crippen molar-refractivity contribution in [1.82, 2.24) is 19.6 Å². The van der Waals surface area contributed by atoms with Gasteiger partial charge in [0.15, 0.2) is 0 Å². The van der Waals surface area contributed by atoms with Crippen molar-refractivity contribution < 1.29 is 8.42 Å². The smallest absolute Gasteiger partial charge is 0.242 e. The lowest BCUT2D eigenvalue weighted by Gasteiger charge is -2.02. The van der Waals surface area contributed by atoms with Crippen molar-refractivity contribution in [2.75, 3.05) is 7.05 Å². The van der Waals surface area contributed by atoms with Crippen molar-refractivity contribution in [3.63, 3.8) is 0 Å². The van der Waals surface area contributed by atoms with E-state index in [1.54, 1.807) is 28.5 Å². The Bertz CT molecular complexity index is 632. The highest BCUT2D eigenvalue weighted by Gasteiger charge is 2.17. The normalized spacial score (nSPS) is 11.9. The van der Waals surface area contributed by atoms with Crippen LogP contribution in [0.25, 0.3) is 0 Å². The van der Waals surface area contributed by atoms with Crippen LogP contribution < -0.4 is 10.0 Å². The molecule has 8 heteroatoms. The molecule has 19 heavy (non-hydrogen) atoms. The predicted molar refractivity (Wildman–Crippen MR) is 74.3 cm³/mol. The molecule has 0 amide bonds. The van der Waals surface area contributed by atoms with Gasteiger partial charge in [-0.1, -0.05) is 0 Å². The lowest BCUT2D eigenvalue weighted by Crippen LogP contribution is -2.22. The lowest BCUT2D eigenvalue weighted by atomic mass is 10.4. The zero-order chi connectivity index (χ0) is 13.9. The van der Waals surface area contributed by atoms with Gasteiger partial charge in [0.25, 0.3) is 0 Å². The molecule has 0 radical (unpaired) electrons. The molecule has 0 fully saturated rings. The Balaban J connectivity index is 2.12. The third-order valence-corrected chi connectivity index (χ3v) is 4.82. The summed E-state index contributed by atoms with van der Waals surface area (Å²) in [7, 11) is 0.175. The molecule has 0 aliphatic rings. The summed E-state index contributed by atoms with van der Waals surface area (Å²) in [5, 5.41) is 3.00. The zero-order valence-corrected chi connectivity index (χ0v) is 12.4. The van der Waals surface area contributed by atoms with Crippen molar-refractivity contribution in [3.8, 4) is 0 Å². The van der Waals surface area contributed by atoms with Crippen molar-refractivity contribution >= 4 is 21.4 Å². The monoisotopic (exact) mass is 300 g/mol. The second-order valence-electron chi connectivity index (χ2n) is 4.10. The van der Waals surface area contributed by atoms with Gasteiger partial charge in [0.1, 0.15) is 0 Å². The van der Waals surface area contributed by atoms with Gasteiger partial charge in [-0.05, 0) is 13.1 Å². The maximum atomic E-state index is 12.1. The number of hydrogen-bond acceptors (Lipinski definition) is 5. The molecule has 0 unspecified atom stereocenters. The first-order valence-corrected chi connectivity index (χ1v) is 8.06. The molecular weight excluding hydrogens is 284 g/mol. The Morgan fingerprint density at radius 1 is 1.42 bits per heavy atom. The molecule has 0 bridgehead atoms. The van der Waals surface area contributed by atoms with Crippen molar-refractivity contribution in [3.05, 3.63) is 34.5 Å². The van der Waals surface area contributed by atoms with Crippen molar-refractivity contribution in [1.29, 1.82) is 0 Å². The molecule has 104 valence electrons. The van der Waals surface area contributed by atoms with Crippen LogP contribution in [-0.2, 0) is 30.2 Å². The molecule has 0 saturated carbocycles. The number of aryl methyl sites for hydroxylation is 1. The van der Waals surface area contributed by atoms with Crippen LogP contribution in [0.15, 0.2) is 28.9 Å². The maximum Gasteiger partial charge on any atom is 0.242 e. The number of sulfonamides is 1. The lowest BCUT2D eigenvalue weighted by molar-refractivity contribution is 0.581. The first-order chi connectivity index (χ1) is 9.03. The van der Waals surface area contributed by atoms with E-state index in [-0.39, 0.29) is 11.4 Å². The van der Waals surface area contributed by atoms with Crippen LogP contribution in [-0.4, -0.2) is 25.0 Å². The van der Waals surface area contributed by atoms with E-state index >= 15 is 0 Å². The summed E-state index contributed by atoms with van der Waals surface area (Å²) in [4.78, 5) is 5.08. The molecule has 0 spiro atoms. The second-order valence-corrected chi connectivity index (χ2v) is 6.84. The third-order valence-electron chi connectivity index (χ3n) is 2.67. The minimum absolute atomic E-state index is 0.267. The predicted octanol–water partition coefficient (Wildman–Crippen LogP) is 0.679. The summed E-state index contributed by atoms with van der Waals surface area (Å²) in [5.74, 6) is 0. The number of thiazole rings is 1. The van der Waals surface area contributed by atoms with E-state index < -0.39 is 10.0 Å². The van der Waals surface area contributed by atoms with Crippen LogP contribution in [0, 0.1) is 0 Å². The molecule has 0 aliphatic heterocycles. The summed E-state index contributed by atoms with van der Waals surface area (Å²) in [6.07, 6.45) is 3.27. The van der Waals surface area contributed by atoms with E-state index in [0.717, 1.165) is 10.6 Å². The fourth-order valence-corrected chi connectivity index (χ4v) is 3.39. The van der Waals surface area contributed by atoms with Crippen LogP contribution in [0.2, 0.25) is 0 Å². The number of rotatable bonds is 6. The van der Waals surface area contributed by atoms with E-state index in [2.05, 4.69) is 15.0 Å². The van der Waals surface area contributed by atoms with Crippen molar-refractivity contribution in [2.24, 2.45) is 7.05 Å². The largest absolute Gasteiger partial charge is 0.352 e. The standard InChI is InChI=1S/C11H16N4O2S2/c1-12-4-9-3-11(7-15(9)2)19(16,17)14-6-10-5-13-8-18-10/h3,5,7-8,12,14H,4,6H2,1-2H3.